The minimum Gasteiger partial charge on any atom is -0.367 e. The molecule has 2 rings (SSSR count). The number of hydrogen-bond donors (Lipinski definition) is 1. The van der Waals surface area contributed by atoms with Gasteiger partial charge in [0.15, 0.2) is 0 Å². The molecule has 0 saturated carbocycles. The number of aromatic nitrogens is 1. The molecule has 1 saturated heterocycles. The molecule has 1 aromatic rings. The summed E-state index contributed by atoms with van der Waals surface area (Å²) in [6.07, 6.45) is 3.74. The minimum absolute atomic E-state index is 0.578. The van der Waals surface area contributed by atoms with Crippen LogP contribution in [0.2, 0.25) is 0 Å². The monoisotopic (exact) mass is 177 g/mol. The fourth-order valence-electron chi connectivity index (χ4n) is 1.71. The molecular formula is C10H15N3. The Bertz CT molecular complexity index is 260. The van der Waals surface area contributed by atoms with Crippen molar-refractivity contribution in [1.82, 2.24) is 10.3 Å². The fourth-order valence-corrected chi connectivity index (χ4v) is 1.71. The predicted molar refractivity (Wildman–Crippen MR) is 53.9 cm³/mol. The second-order valence-electron chi connectivity index (χ2n) is 3.51. The molecule has 0 spiro atoms. The van der Waals surface area contributed by atoms with Gasteiger partial charge in [-0.05, 0) is 19.1 Å². The largest absolute Gasteiger partial charge is 0.367 e. The summed E-state index contributed by atoms with van der Waals surface area (Å²) >= 11 is 0. The molecule has 0 aromatic carbocycles. The van der Waals surface area contributed by atoms with Gasteiger partial charge in [0.05, 0.1) is 11.9 Å². The van der Waals surface area contributed by atoms with E-state index in [9.17, 15) is 0 Å². The van der Waals surface area contributed by atoms with E-state index >= 15 is 0 Å². The third kappa shape index (κ3) is 1.98. The van der Waals surface area contributed by atoms with Crippen LogP contribution in [0.5, 0.6) is 0 Å². The fraction of sp³-hybridized carbons (Fsp3) is 0.500. The van der Waals surface area contributed by atoms with E-state index in [2.05, 4.69) is 28.2 Å². The van der Waals surface area contributed by atoms with Crippen molar-refractivity contribution in [3.63, 3.8) is 0 Å². The Kier molecular flexibility index (Phi) is 2.45. The van der Waals surface area contributed by atoms with Crippen LogP contribution in [0.3, 0.4) is 0 Å². The zero-order chi connectivity index (χ0) is 9.10. The summed E-state index contributed by atoms with van der Waals surface area (Å²) in [6.45, 7) is 5.43. The highest BCUT2D eigenvalue weighted by atomic mass is 15.2. The normalized spacial score (nSPS) is 23.2. The molecule has 0 amide bonds. The number of nitrogens with one attached hydrogen (secondary N) is 1. The zero-order valence-corrected chi connectivity index (χ0v) is 7.90. The van der Waals surface area contributed by atoms with Crippen LogP contribution in [0.15, 0.2) is 24.5 Å². The summed E-state index contributed by atoms with van der Waals surface area (Å²) in [6, 6.07) is 4.68. The van der Waals surface area contributed by atoms with Crippen LogP contribution in [0, 0.1) is 0 Å². The van der Waals surface area contributed by atoms with Gasteiger partial charge in [-0.1, -0.05) is 0 Å². The van der Waals surface area contributed by atoms with Crippen molar-refractivity contribution in [1.29, 1.82) is 0 Å². The predicted octanol–water partition coefficient (Wildman–Crippen LogP) is 0.880. The lowest BCUT2D eigenvalue weighted by atomic mass is 10.2. The molecular weight excluding hydrogens is 162 g/mol. The lowest BCUT2D eigenvalue weighted by molar-refractivity contribution is 0.484. The molecule has 0 aliphatic carbocycles. The van der Waals surface area contributed by atoms with Gasteiger partial charge >= 0.3 is 0 Å². The molecule has 3 nitrogen and oxygen atoms in total. The van der Waals surface area contributed by atoms with Crippen molar-refractivity contribution in [2.75, 3.05) is 24.5 Å². The summed E-state index contributed by atoms with van der Waals surface area (Å²) in [4.78, 5) is 6.49. The second-order valence-corrected chi connectivity index (χ2v) is 3.51. The number of rotatable bonds is 1. The molecule has 1 aliphatic rings. The Morgan fingerprint density at radius 1 is 1.62 bits per heavy atom. The summed E-state index contributed by atoms with van der Waals surface area (Å²) < 4.78 is 0. The van der Waals surface area contributed by atoms with E-state index in [1.54, 1.807) is 0 Å². The van der Waals surface area contributed by atoms with Gasteiger partial charge in [-0.2, -0.15) is 0 Å². The molecule has 1 N–H and O–H groups in total. The Hall–Kier alpha value is -1.09. The Balaban J connectivity index is 2.08. The first-order valence-electron chi connectivity index (χ1n) is 4.74. The Labute approximate surface area is 78.8 Å². The average Bonchev–Trinajstić information content (AvgIpc) is 2.19. The van der Waals surface area contributed by atoms with E-state index in [0.29, 0.717) is 6.04 Å². The van der Waals surface area contributed by atoms with Gasteiger partial charge in [0.2, 0.25) is 0 Å². The molecule has 13 heavy (non-hydrogen) atoms. The molecule has 0 radical (unpaired) electrons. The Morgan fingerprint density at radius 2 is 2.54 bits per heavy atom. The maximum atomic E-state index is 4.12. The van der Waals surface area contributed by atoms with E-state index < -0.39 is 0 Å². The first-order chi connectivity index (χ1) is 6.36. The second kappa shape index (κ2) is 3.75. The highest BCUT2D eigenvalue weighted by molar-refractivity contribution is 5.44. The third-order valence-corrected chi connectivity index (χ3v) is 2.38. The Morgan fingerprint density at radius 3 is 3.23 bits per heavy atom. The van der Waals surface area contributed by atoms with Gasteiger partial charge in [0.25, 0.3) is 0 Å². The smallest absolute Gasteiger partial charge is 0.0553 e. The molecule has 0 bridgehead atoms. The number of anilines is 1. The van der Waals surface area contributed by atoms with Gasteiger partial charge in [0.1, 0.15) is 0 Å². The van der Waals surface area contributed by atoms with Crippen LogP contribution in [0.25, 0.3) is 0 Å². The van der Waals surface area contributed by atoms with Crippen LogP contribution >= 0.6 is 0 Å². The lowest BCUT2D eigenvalue weighted by Crippen LogP contribution is -2.49. The molecule has 1 aromatic heterocycles. The maximum absolute atomic E-state index is 4.12. The van der Waals surface area contributed by atoms with Crippen LogP contribution in [-0.4, -0.2) is 30.7 Å². The quantitative estimate of drug-likeness (QED) is 0.690. The van der Waals surface area contributed by atoms with Crippen LogP contribution in [0.1, 0.15) is 6.92 Å². The zero-order valence-electron chi connectivity index (χ0n) is 7.90. The number of nitrogens with zero attached hydrogens (tertiary/aromatic N) is 2. The number of pyridine rings is 1. The highest BCUT2D eigenvalue weighted by Crippen LogP contribution is 2.13. The lowest BCUT2D eigenvalue weighted by Gasteiger charge is -2.33. The first kappa shape index (κ1) is 8.51. The van der Waals surface area contributed by atoms with E-state index in [1.165, 1.54) is 5.69 Å². The van der Waals surface area contributed by atoms with E-state index in [-0.39, 0.29) is 0 Å². The van der Waals surface area contributed by atoms with Crippen molar-refractivity contribution in [2.24, 2.45) is 0 Å². The van der Waals surface area contributed by atoms with Crippen LogP contribution in [0.4, 0.5) is 5.69 Å². The highest BCUT2D eigenvalue weighted by Gasteiger charge is 2.15. The van der Waals surface area contributed by atoms with Crippen molar-refractivity contribution < 1.29 is 0 Å². The van der Waals surface area contributed by atoms with E-state index in [1.807, 2.05) is 18.5 Å². The number of hydrogen-bond acceptors (Lipinski definition) is 3. The van der Waals surface area contributed by atoms with Crippen molar-refractivity contribution >= 4 is 5.69 Å². The maximum Gasteiger partial charge on any atom is 0.0553 e. The summed E-state index contributed by atoms with van der Waals surface area (Å²) in [7, 11) is 0. The molecule has 1 aliphatic heterocycles. The standard InChI is InChI=1S/C10H15N3/c1-9-8-13(6-5-12-9)10-3-2-4-11-7-10/h2-4,7,9,12H,5-6,8H2,1H3. The third-order valence-electron chi connectivity index (χ3n) is 2.38. The van der Waals surface area contributed by atoms with Gasteiger partial charge < -0.3 is 10.2 Å². The van der Waals surface area contributed by atoms with Crippen LogP contribution in [-0.2, 0) is 0 Å². The summed E-state index contributed by atoms with van der Waals surface area (Å²) in [5.41, 5.74) is 1.23. The van der Waals surface area contributed by atoms with Crippen molar-refractivity contribution in [3.05, 3.63) is 24.5 Å². The van der Waals surface area contributed by atoms with Crippen molar-refractivity contribution in [2.45, 2.75) is 13.0 Å². The van der Waals surface area contributed by atoms with Gasteiger partial charge in [-0.3, -0.25) is 4.98 Å². The van der Waals surface area contributed by atoms with E-state index in [4.69, 9.17) is 0 Å². The molecule has 1 fully saturated rings. The molecule has 70 valence electrons. The van der Waals surface area contributed by atoms with Gasteiger partial charge in [-0.25, -0.2) is 0 Å². The summed E-state index contributed by atoms with van der Waals surface area (Å²) in [5, 5.41) is 3.42. The van der Waals surface area contributed by atoms with Gasteiger partial charge in [-0.15, -0.1) is 0 Å². The molecule has 3 heteroatoms. The van der Waals surface area contributed by atoms with Gasteiger partial charge in [0, 0.05) is 31.9 Å². The number of piperazine rings is 1. The first-order valence-corrected chi connectivity index (χ1v) is 4.74. The molecule has 2 heterocycles. The molecule has 1 atom stereocenters. The SMILES string of the molecule is CC1CN(c2cccnc2)CCN1. The van der Waals surface area contributed by atoms with Crippen LogP contribution < -0.4 is 10.2 Å². The summed E-state index contributed by atoms with van der Waals surface area (Å²) in [5.74, 6) is 0. The van der Waals surface area contributed by atoms with E-state index in [0.717, 1.165) is 19.6 Å². The van der Waals surface area contributed by atoms with Crippen molar-refractivity contribution in [3.8, 4) is 0 Å². The minimum atomic E-state index is 0.578. The average molecular weight is 177 g/mol. The topological polar surface area (TPSA) is 28.2 Å². The molecule has 1 unspecified atom stereocenters.